The minimum atomic E-state index is -0.513. The maximum absolute atomic E-state index is 11.2. The van der Waals surface area contributed by atoms with Gasteiger partial charge in [-0.1, -0.05) is 12.1 Å². The zero-order valence-electron chi connectivity index (χ0n) is 7.75. The molecule has 0 spiro atoms. The summed E-state index contributed by atoms with van der Waals surface area (Å²) in [6.45, 7) is 0. The first-order chi connectivity index (χ1) is 7.27. The molecule has 2 heterocycles. The van der Waals surface area contributed by atoms with Crippen molar-refractivity contribution < 1.29 is 4.79 Å². The van der Waals surface area contributed by atoms with Crippen LogP contribution in [0.25, 0.3) is 0 Å². The van der Waals surface area contributed by atoms with Crippen molar-refractivity contribution in [1.82, 2.24) is 4.41 Å². The van der Waals surface area contributed by atoms with Gasteiger partial charge < -0.3 is 5.73 Å². The second kappa shape index (κ2) is 2.90. The van der Waals surface area contributed by atoms with Crippen LogP contribution in [0.2, 0.25) is 0 Å². The fourth-order valence-corrected chi connectivity index (χ4v) is 2.63. The van der Waals surface area contributed by atoms with Gasteiger partial charge in [0.2, 0.25) is 0 Å². The van der Waals surface area contributed by atoms with E-state index in [-0.39, 0.29) is 0 Å². The number of hydrogen-bond donors (Lipinski definition) is 1. The molecule has 2 aliphatic heterocycles. The maximum Gasteiger partial charge on any atom is 0.346 e. The van der Waals surface area contributed by atoms with Crippen molar-refractivity contribution in [1.29, 1.82) is 0 Å². The van der Waals surface area contributed by atoms with Gasteiger partial charge >= 0.3 is 6.03 Å². The Morgan fingerprint density at radius 1 is 1.53 bits per heavy atom. The average Bonchev–Trinajstić information content (AvgIpc) is 2.61. The van der Waals surface area contributed by atoms with Gasteiger partial charge in [0.1, 0.15) is 5.69 Å². The predicted molar refractivity (Wildman–Crippen MR) is 58.4 cm³/mol. The first kappa shape index (κ1) is 8.60. The van der Waals surface area contributed by atoms with E-state index in [1.165, 1.54) is 21.9 Å². The van der Waals surface area contributed by atoms with Crippen LogP contribution < -0.4 is 10.9 Å². The highest BCUT2D eigenvalue weighted by Gasteiger charge is 2.34. The summed E-state index contributed by atoms with van der Waals surface area (Å²) < 4.78 is 1.35. The summed E-state index contributed by atoms with van der Waals surface area (Å²) in [4.78, 5) is 12.2. The van der Waals surface area contributed by atoms with Crippen molar-refractivity contribution in [2.45, 2.75) is 11.3 Å². The lowest BCUT2D eigenvalue weighted by Crippen LogP contribution is -2.40. The molecule has 1 aromatic rings. The Morgan fingerprint density at radius 2 is 2.40 bits per heavy atom. The molecule has 6 heteroatoms. The highest BCUT2D eigenvalue weighted by Crippen LogP contribution is 2.45. The van der Waals surface area contributed by atoms with Gasteiger partial charge in [0.25, 0.3) is 0 Å². The number of carbonyl (C=O) groups is 1. The average molecular weight is 220 g/mol. The molecule has 0 fully saturated rings. The minimum absolute atomic E-state index is 0.513. The van der Waals surface area contributed by atoms with Crippen LogP contribution in [0.5, 0.6) is 0 Å². The fraction of sp³-hybridized carbons (Fsp3) is 0.111. The van der Waals surface area contributed by atoms with Gasteiger partial charge in [0.05, 0.1) is 4.90 Å². The second-order valence-electron chi connectivity index (χ2n) is 3.26. The minimum Gasteiger partial charge on any atom is -0.349 e. The highest BCUT2D eigenvalue weighted by molar-refractivity contribution is 7.98. The highest BCUT2D eigenvalue weighted by atomic mass is 32.2. The molecule has 0 saturated heterocycles. The van der Waals surface area contributed by atoms with Crippen LogP contribution in [-0.2, 0) is 6.42 Å². The Morgan fingerprint density at radius 3 is 3.20 bits per heavy atom. The van der Waals surface area contributed by atoms with E-state index in [2.05, 4.69) is 5.10 Å². The molecular formula is C9H8N4OS. The van der Waals surface area contributed by atoms with E-state index < -0.39 is 6.03 Å². The standard InChI is InChI=1S/C9H8N4OS/c10-9(14)13-12-8-6(4-5-11-12)2-1-3-7(8)15-13/h1-3,5H,4H2,(H2,10,14). The van der Waals surface area contributed by atoms with Gasteiger partial charge in [0, 0.05) is 24.6 Å². The number of rotatable bonds is 0. The van der Waals surface area contributed by atoms with Crippen LogP contribution in [0, 0.1) is 0 Å². The molecule has 0 aliphatic carbocycles. The van der Waals surface area contributed by atoms with Crippen LogP contribution in [0.15, 0.2) is 28.2 Å². The topological polar surface area (TPSA) is 61.9 Å². The van der Waals surface area contributed by atoms with E-state index in [0.717, 1.165) is 17.0 Å². The summed E-state index contributed by atoms with van der Waals surface area (Å²) in [6, 6.07) is 5.45. The Hall–Kier alpha value is -1.69. The largest absolute Gasteiger partial charge is 0.349 e. The molecule has 0 unspecified atom stereocenters. The van der Waals surface area contributed by atoms with Crippen LogP contribution in [-0.4, -0.2) is 16.7 Å². The number of amides is 2. The zero-order valence-corrected chi connectivity index (χ0v) is 8.57. The van der Waals surface area contributed by atoms with Crippen LogP contribution in [0.1, 0.15) is 5.56 Å². The molecule has 0 saturated carbocycles. The number of carbonyl (C=O) groups excluding carboxylic acids is 1. The number of nitrogens with two attached hydrogens (primary N) is 1. The molecule has 3 rings (SSSR count). The first-order valence-electron chi connectivity index (χ1n) is 4.49. The number of hydrogen-bond acceptors (Lipinski definition) is 4. The van der Waals surface area contributed by atoms with Crippen LogP contribution in [0.3, 0.4) is 0 Å². The number of urea groups is 1. The molecule has 0 bridgehead atoms. The first-order valence-corrected chi connectivity index (χ1v) is 5.26. The molecule has 2 amide bonds. The number of benzene rings is 1. The Labute approximate surface area is 90.6 Å². The molecular weight excluding hydrogens is 212 g/mol. The third kappa shape index (κ3) is 1.11. The number of para-hydroxylation sites is 1. The van der Waals surface area contributed by atoms with Crippen molar-refractivity contribution in [3.05, 3.63) is 23.8 Å². The normalized spacial score (nSPS) is 16.8. The van der Waals surface area contributed by atoms with Crippen molar-refractivity contribution in [3.8, 4) is 0 Å². The second-order valence-corrected chi connectivity index (χ2v) is 4.23. The molecule has 2 N–H and O–H groups in total. The lowest BCUT2D eigenvalue weighted by atomic mass is 10.1. The number of anilines is 1. The summed E-state index contributed by atoms with van der Waals surface area (Å²) in [7, 11) is 0. The number of nitrogens with zero attached hydrogens (tertiary/aromatic N) is 3. The molecule has 76 valence electrons. The van der Waals surface area contributed by atoms with E-state index in [9.17, 15) is 4.79 Å². The Balaban J connectivity index is 2.16. The van der Waals surface area contributed by atoms with Crippen molar-refractivity contribution in [2.75, 3.05) is 5.12 Å². The van der Waals surface area contributed by atoms with Crippen LogP contribution in [0.4, 0.5) is 10.5 Å². The third-order valence-electron chi connectivity index (χ3n) is 2.33. The summed E-state index contributed by atoms with van der Waals surface area (Å²) in [6.07, 6.45) is 2.57. The lowest BCUT2D eigenvalue weighted by molar-refractivity contribution is 0.233. The summed E-state index contributed by atoms with van der Waals surface area (Å²) >= 11 is 1.30. The molecule has 0 aromatic heterocycles. The SMILES string of the molecule is NC(=O)N1Sc2cccc3c2N1N=CC3. The van der Waals surface area contributed by atoms with E-state index in [4.69, 9.17) is 5.73 Å². The van der Waals surface area contributed by atoms with Gasteiger partial charge in [-0.2, -0.15) is 10.2 Å². The van der Waals surface area contributed by atoms with Gasteiger partial charge in [-0.05, 0) is 11.6 Å². The molecule has 1 aromatic carbocycles. The molecule has 0 atom stereocenters. The molecule has 5 nitrogen and oxygen atoms in total. The van der Waals surface area contributed by atoms with Gasteiger partial charge in [-0.15, -0.1) is 4.41 Å². The molecule has 0 radical (unpaired) electrons. The summed E-state index contributed by atoms with van der Waals surface area (Å²) in [5, 5.41) is 5.71. The van der Waals surface area contributed by atoms with E-state index in [1.54, 1.807) is 11.3 Å². The smallest absolute Gasteiger partial charge is 0.346 e. The van der Waals surface area contributed by atoms with Gasteiger partial charge in [0.15, 0.2) is 0 Å². The van der Waals surface area contributed by atoms with E-state index in [0.29, 0.717) is 0 Å². The number of hydrazone groups is 1. The zero-order chi connectivity index (χ0) is 10.4. The van der Waals surface area contributed by atoms with Crippen molar-refractivity contribution in [2.24, 2.45) is 10.8 Å². The van der Waals surface area contributed by atoms with Crippen molar-refractivity contribution in [3.63, 3.8) is 0 Å². The van der Waals surface area contributed by atoms with Gasteiger partial charge in [-0.25, -0.2) is 4.79 Å². The summed E-state index contributed by atoms with van der Waals surface area (Å²) in [5.41, 5.74) is 7.41. The number of hydrazine groups is 1. The van der Waals surface area contributed by atoms with E-state index in [1.807, 2.05) is 18.2 Å². The Bertz CT molecular complexity index is 473. The quantitative estimate of drug-likeness (QED) is 0.671. The summed E-state index contributed by atoms with van der Waals surface area (Å²) in [5.74, 6) is 0. The molecule has 15 heavy (non-hydrogen) atoms. The monoisotopic (exact) mass is 220 g/mol. The Kier molecular flexibility index (Phi) is 1.66. The van der Waals surface area contributed by atoms with Gasteiger partial charge in [-0.3, -0.25) is 0 Å². The third-order valence-corrected chi connectivity index (χ3v) is 3.36. The predicted octanol–water partition coefficient (Wildman–Crippen LogP) is 1.35. The maximum atomic E-state index is 11.2. The number of primary amides is 1. The lowest BCUT2D eigenvalue weighted by Gasteiger charge is -2.24. The molecule has 2 aliphatic rings. The fourth-order valence-electron chi connectivity index (χ4n) is 1.72. The van der Waals surface area contributed by atoms with Crippen molar-refractivity contribution >= 4 is 29.9 Å². The van der Waals surface area contributed by atoms with E-state index >= 15 is 0 Å². The van der Waals surface area contributed by atoms with Crippen LogP contribution >= 0.6 is 11.9 Å².